The van der Waals surface area contributed by atoms with E-state index in [1.807, 2.05) is 6.92 Å². The van der Waals surface area contributed by atoms with Crippen LogP contribution in [-0.4, -0.2) is 28.9 Å². The third kappa shape index (κ3) is 3.28. The van der Waals surface area contributed by atoms with Crippen molar-refractivity contribution in [1.29, 1.82) is 0 Å². The average Bonchev–Trinajstić information content (AvgIpc) is 2.50. The summed E-state index contributed by atoms with van der Waals surface area (Å²) in [6.07, 6.45) is 2.14. The zero-order valence-electron chi connectivity index (χ0n) is 9.14. The van der Waals surface area contributed by atoms with Crippen LogP contribution in [0.4, 0.5) is 0 Å². The number of hydrogen-bond donors (Lipinski definition) is 1. The molecule has 0 saturated carbocycles. The van der Waals surface area contributed by atoms with E-state index in [1.54, 1.807) is 24.9 Å². The maximum absolute atomic E-state index is 11.5. The van der Waals surface area contributed by atoms with E-state index in [9.17, 15) is 8.42 Å². The molecule has 0 aliphatic rings. The van der Waals surface area contributed by atoms with Crippen molar-refractivity contribution in [3.63, 3.8) is 0 Å². The number of rotatable bonds is 5. The minimum Gasteiger partial charge on any atom is -0.319 e. The summed E-state index contributed by atoms with van der Waals surface area (Å²) in [4.78, 5) is 0. The van der Waals surface area contributed by atoms with E-state index in [0.717, 1.165) is 0 Å². The molecule has 1 unspecified atom stereocenters. The van der Waals surface area contributed by atoms with Gasteiger partial charge in [-0.25, -0.2) is 13.1 Å². The fourth-order valence-electron chi connectivity index (χ4n) is 1.33. The fraction of sp³-hybridized carbons (Fsp3) is 0.750. The van der Waals surface area contributed by atoms with Crippen LogP contribution in [0, 0.1) is 0 Å². The van der Waals surface area contributed by atoms with Crippen molar-refractivity contribution in [2.75, 3.05) is 5.75 Å². The molecule has 15 heavy (non-hydrogen) atoms. The summed E-state index contributed by atoms with van der Waals surface area (Å²) in [5.41, 5.74) is 0. The Morgan fingerprint density at radius 3 is 2.73 bits per heavy atom. The molecule has 0 fully saturated rings. The third-order valence-corrected chi connectivity index (χ3v) is 3.62. The van der Waals surface area contributed by atoms with E-state index >= 15 is 0 Å². The van der Waals surface area contributed by atoms with E-state index in [2.05, 4.69) is 14.9 Å². The monoisotopic (exact) mass is 232 g/mol. The Labute approximate surface area is 89.8 Å². The molecule has 1 N–H and O–H groups in total. The summed E-state index contributed by atoms with van der Waals surface area (Å²) in [5.74, 6) is 0.740. The lowest BCUT2D eigenvalue weighted by atomic mass is 10.3. The van der Waals surface area contributed by atoms with Gasteiger partial charge < -0.3 is 4.57 Å². The zero-order valence-corrected chi connectivity index (χ0v) is 9.95. The highest BCUT2D eigenvalue weighted by Crippen LogP contribution is 2.08. The molecule has 1 rings (SSSR count). The molecule has 0 radical (unpaired) electrons. The Bertz CT molecular complexity index is 412. The average molecular weight is 232 g/mol. The lowest BCUT2D eigenvalue weighted by Gasteiger charge is -2.12. The number of aryl methyl sites for hydroxylation is 1. The first-order valence-corrected chi connectivity index (χ1v) is 6.45. The molecule has 1 heterocycles. The molecule has 1 atom stereocenters. The van der Waals surface area contributed by atoms with Crippen LogP contribution in [0.25, 0.3) is 0 Å². The first-order valence-electron chi connectivity index (χ1n) is 4.80. The van der Waals surface area contributed by atoms with Gasteiger partial charge in [0.1, 0.15) is 12.2 Å². The van der Waals surface area contributed by atoms with E-state index < -0.39 is 10.0 Å². The quantitative estimate of drug-likeness (QED) is 0.787. The van der Waals surface area contributed by atoms with Crippen molar-refractivity contribution < 1.29 is 8.42 Å². The number of nitrogens with zero attached hydrogens (tertiary/aromatic N) is 3. The third-order valence-electron chi connectivity index (χ3n) is 1.96. The van der Waals surface area contributed by atoms with E-state index in [0.29, 0.717) is 12.2 Å². The summed E-state index contributed by atoms with van der Waals surface area (Å²) in [7, 11) is -1.43. The fourth-order valence-corrected chi connectivity index (χ4v) is 2.63. The van der Waals surface area contributed by atoms with Gasteiger partial charge in [-0.15, -0.1) is 10.2 Å². The van der Waals surface area contributed by atoms with Gasteiger partial charge in [-0.1, -0.05) is 6.92 Å². The Morgan fingerprint density at radius 1 is 1.60 bits per heavy atom. The molecule has 0 saturated heterocycles. The molecule has 0 aromatic carbocycles. The molecule has 86 valence electrons. The van der Waals surface area contributed by atoms with Crippen LogP contribution in [0.3, 0.4) is 0 Å². The molecular formula is C8H16N4O2S. The summed E-state index contributed by atoms with van der Waals surface area (Å²) in [5, 5.41) is 7.54. The standard InChI is InChI=1S/C8H16N4O2S/c1-4-5-15(13,14)11-7(2)8-10-9-6-12(8)3/h6-7,11H,4-5H2,1-3H3. The molecule has 0 aliphatic heterocycles. The lowest BCUT2D eigenvalue weighted by Crippen LogP contribution is -2.30. The van der Waals surface area contributed by atoms with Crippen LogP contribution < -0.4 is 4.72 Å². The first kappa shape index (κ1) is 12.1. The highest BCUT2D eigenvalue weighted by molar-refractivity contribution is 7.89. The van der Waals surface area contributed by atoms with Gasteiger partial charge in [-0.2, -0.15) is 0 Å². The van der Waals surface area contributed by atoms with Crippen LogP contribution in [0.2, 0.25) is 0 Å². The maximum atomic E-state index is 11.5. The maximum Gasteiger partial charge on any atom is 0.212 e. The van der Waals surface area contributed by atoms with Crippen LogP contribution >= 0.6 is 0 Å². The molecule has 0 bridgehead atoms. The minimum atomic E-state index is -3.20. The molecule has 0 aliphatic carbocycles. The Kier molecular flexibility index (Phi) is 3.81. The Hall–Kier alpha value is -0.950. The van der Waals surface area contributed by atoms with Gasteiger partial charge in [0.2, 0.25) is 10.0 Å². The van der Waals surface area contributed by atoms with Gasteiger partial charge in [-0.3, -0.25) is 0 Å². The van der Waals surface area contributed by atoms with E-state index in [-0.39, 0.29) is 11.8 Å². The highest BCUT2D eigenvalue weighted by Gasteiger charge is 2.17. The van der Waals surface area contributed by atoms with Gasteiger partial charge in [0, 0.05) is 7.05 Å². The molecule has 6 nitrogen and oxygen atoms in total. The molecule has 0 amide bonds. The van der Waals surface area contributed by atoms with Gasteiger partial charge in [-0.05, 0) is 13.3 Å². The topological polar surface area (TPSA) is 76.9 Å². The summed E-state index contributed by atoms with van der Waals surface area (Å²) in [6.45, 7) is 3.57. The smallest absolute Gasteiger partial charge is 0.212 e. The summed E-state index contributed by atoms with van der Waals surface area (Å²) >= 11 is 0. The van der Waals surface area contributed by atoms with Crippen molar-refractivity contribution in [3.05, 3.63) is 12.2 Å². The van der Waals surface area contributed by atoms with Gasteiger partial charge in [0.25, 0.3) is 0 Å². The SMILES string of the molecule is CCCS(=O)(=O)NC(C)c1nncn1C. The molecular weight excluding hydrogens is 216 g/mol. The predicted octanol–water partition coefficient (Wildman–Crippen LogP) is 0.205. The lowest BCUT2D eigenvalue weighted by molar-refractivity contribution is 0.552. The highest BCUT2D eigenvalue weighted by atomic mass is 32.2. The normalized spacial score (nSPS) is 14.1. The van der Waals surface area contributed by atoms with Gasteiger partial charge in [0.15, 0.2) is 0 Å². The molecule has 1 aromatic rings. The van der Waals surface area contributed by atoms with Crippen LogP contribution in [0.15, 0.2) is 6.33 Å². The Morgan fingerprint density at radius 2 is 2.27 bits per heavy atom. The first-order chi connectivity index (χ1) is 6.96. The van der Waals surface area contributed by atoms with Crippen LogP contribution in [0.5, 0.6) is 0 Å². The van der Waals surface area contributed by atoms with Crippen molar-refractivity contribution in [2.24, 2.45) is 7.05 Å². The van der Waals surface area contributed by atoms with Crippen molar-refractivity contribution in [2.45, 2.75) is 26.3 Å². The summed E-state index contributed by atoms with van der Waals surface area (Å²) in [6, 6.07) is -0.353. The van der Waals surface area contributed by atoms with E-state index in [4.69, 9.17) is 0 Å². The zero-order chi connectivity index (χ0) is 11.5. The largest absolute Gasteiger partial charge is 0.319 e. The number of aromatic nitrogens is 3. The molecule has 7 heteroatoms. The second-order valence-electron chi connectivity index (χ2n) is 3.46. The van der Waals surface area contributed by atoms with Crippen molar-refractivity contribution in [3.8, 4) is 0 Å². The van der Waals surface area contributed by atoms with Crippen molar-refractivity contribution >= 4 is 10.0 Å². The minimum absolute atomic E-state index is 0.134. The van der Waals surface area contributed by atoms with Gasteiger partial charge in [0.05, 0.1) is 11.8 Å². The van der Waals surface area contributed by atoms with Gasteiger partial charge >= 0.3 is 0 Å². The van der Waals surface area contributed by atoms with Crippen molar-refractivity contribution in [1.82, 2.24) is 19.5 Å². The van der Waals surface area contributed by atoms with Crippen LogP contribution in [-0.2, 0) is 17.1 Å². The molecule has 0 spiro atoms. The van der Waals surface area contributed by atoms with Crippen LogP contribution in [0.1, 0.15) is 32.1 Å². The van der Waals surface area contributed by atoms with E-state index in [1.165, 1.54) is 0 Å². The predicted molar refractivity (Wildman–Crippen MR) is 56.6 cm³/mol. The molecule has 1 aromatic heterocycles. The second kappa shape index (κ2) is 4.71. The number of sulfonamides is 1. The second-order valence-corrected chi connectivity index (χ2v) is 5.33. The summed E-state index contributed by atoms with van der Waals surface area (Å²) < 4.78 is 27.2. The number of nitrogens with one attached hydrogen (secondary N) is 1. The Balaban J connectivity index is 2.72. The number of hydrogen-bond acceptors (Lipinski definition) is 4.